The molecule has 0 amide bonds. The van der Waals surface area contributed by atoms with Gasteiger partial charge in [-0.15, -0.1) is 0 Å². The van der Waals surface area contributed by atoms with Gasteiger partial charge >= 0.3 is 5.97 Å². The minimum absolute atomic E-state index is 0.212. The second-order valence-electron chi connectivity index (χ2n) is 7.48. The Hall–Kier alpha value is -3.49. The summed E-state index contributed by atoms with van der Waals surface area (Å²) in [7, 11) is 0. The summed E-state index contributed by atoms with van der Waals surface area (Å²) in [6.07, 6.45) is 1.69. The fourth-order valence-corrected chi connectivity index (χ4v) is 5.23. The van der Waals surface area contributed by atoms with Crippen LogP contribution >= 0.6 is 27.3 Å². The van der Waals surface area contributed by atoms with E-state index < -0.39 is 12.0 Å². The first-order chi connectivity index (χ1) is 16.6. The summed E-state index contributed by atoms with van der Waals surface area (Å²) in [5.41, 5.74) is 2.15. The second kappa shape index (κ2) is 9.40. The van der Waals surface area contributed by atoms with Crippen LogP contribution in [-0.2, 0) is 9.53 Å². The number of hydrogen-bond acceptors (Lipinski definition) is 6. The maximum atomic E-state index is 13.6. The van der Waals surface area contributed by atoms with Crippen molar-refractivity contribution in [2.75, 3.05) is 6.61 Å². The summed E-state index contributed by atoms with van der Waals surface area (Å²) in [5.74, 6) is 0.0458. The van der Waals surface area contributed by atoms with Crippen LogP contribution < -0.4 is 14.9 Å². The molecule has 0 unspecified atom stereocenters. The Morgan fingerprint density at radius 3 is 2.47 bits per heavy atom. The van der Waals surface area contributed by atoms with E-state index in [1.807, 2.05) is 60.7 Å². The van der Waals surface area contributed by atoms with Gasteiger partial charge in [-0.2, -0.15) is 0 Å². The predicted molar refractivity (Wildman–Crippen MR) is 134 cm³/mol. The molecule has 0 bridgehead atoms. The number of thiazole rings is 1. The van der Waals surface area contributed by atoms with Gasteiger partial charge in [-0.1, -0.05) is 72.0 Å². The zero-order valence-corrected chi connectivity index (χ0v) is 20.5. The third-order valence-corrected chi connectivity index (χ3v) is 6.77. The molecule has 0 fully saturated rings. The highest BCUT2D eigenvalue weighted by atomic mass is 79.9. The minimum atomic E-state index is -0.683. The molecule has 0 spiro atoms. The molecule has 0 aliphatic carbocycles. The van der Waals surface area contributed by atoms with Gasteiger partial charge in [0.05, 0.1) is 28.5 Å². The van der Waals surface area contributed by atoms with Crippen LogP contribution in [0.25, 0.3) is 11.8 Å². The highest BCUT2D eigenvalue weighted by Gasteiger charge is 2.35. The zero-order valence-electron chi connectivity index (χ0n) is 18.1. The number of furan rings is 1. The van der Waals surface area contributed by atoms with Crippen molar-refractivity contribution < 1.29 is 13.9 Å². The lowest BCUT2D eigenvalue weighted by Crippen LogP contribution is -2.39. The molecule has 1 aliphatic heterocycles. The Morgan fingerprint density at radius 2 is 1.82 bits per heavy atom. The van der Waals surface area contributed by atoms with Gasteiger partial charge in [0.1, 0.15) is 5.76 Å². The van der Waals surface area contributed by atoms with Gasteiger partial charge in [-0.05, 0) is 40.5 Å². The van der Waals surface area contributed by atoms with Crippen LogP contribution in [0.2, 0.25) is 0 Å². The highest BCUT2D eigenvalue weighted by Crippen LogP contribution is 2.35. The molecule has 5 rings (SSSR count). The molecular formula is C26H19BrN2O4S. The SMILES string of the molecule is CCOC(=O)C1=C(c2ccccc2)N=c2s/c(=C\c3ccc(Br)o3)c(=O)n2[C@@H]1c1ccccc1. The maximum absolute atomic E-state index is 13.6. The van der Waals surface area contributed by atoms with Crippen LogP contribution in [0.3, 0.4) is 0 Å². The van der Waals surface area contributed by atoms with Gasteiger partial charge < -0.3 is 9.15 Å². The molecule has 0 saturated carbocycles. The van der Waals surface area contributed by atoms with Crippen LogP contribution in [0.5, 0.6) is 0 Å². The third-order valence-electron chi connectivity index (χ3n) is 5.36. The Labute approximate surface area is 207 Å². The van der Waals surface area contributed by atoms with Crippen LogP contribution in [0, 0.1) is 0 Å². The molecule has 8 heteroatoms. The molecule has 3 heterocycles. The van der Waals surface area contributed by atoms with Crippen LogP contribution in [0.4, 0.5) is 0 Å². The highest BCUT2D eigenvalue weighted by molar-refractivity contribution is 9.10. The topological polar surface area (TPSA) is 73.8 Å². The summed E-state index contributed by atoms with van der Waals surface area (Å²) in [6.45, 7) is 1.97. The quantitative estimate of drug-likeness (QED) is 0.358. The van der Waals surface area contributed by atoms with Gasteiger partial charge in [0.25, 0.3) is 5.56 Å². The van der Waals surface area contributed by atoms with E-state index in [0.717, 1.165) is 11.1 Å². The first kappa shape index (κ1) is 22.3. The molecule has 34 heavy (non-hydrogen) atoms. The zero-order chi connectivity index (χ0) is 23.7. The molecule has 0 saturated heterocycles. The number of rotatable bonds is 5. The molecule has 1 atom stereocenters. The largest absolute Gasteiger partial charge is 0.463 e. The lowest BCUT2D eigenvalue weighted by atomic mass is 9.93. The number of ether oxygens (including phenoxy) is 1. The van der Waals surface area contributed by atoms with Crippen LogP contribution in [0.1, 0.15) is 29.9 Å². The summed E-state index contributed by atoms with van der Waals surface area (Å²) in [6, 6.07) is 21.8. The van der Waals surface area contributed by atoms with Gasteiger partial charge in [0, 0.05) is 11.6 Å². The summed E-state index contributed by atoms with van der Waals surface area (Å²) >= 11 is 4.55. The number of halogens is 1. The van der Waals surface area contributed by atoms with Crippen LogP contribution in [0.15, 0.2) is 97.2 Å². The summed E-state index contributed by atoms with van der Waals surface area (Å²) in [5, 5.41) is 0. The molecular weight excluding hydrogens is 516 g/mol. The predicted octanol–water partition coefficient (Wildman–Crippen LogP) is 4.29. The number of carbonyl (C=O) groups excluding carboxylic acids is 1. The van der Waals surface area contributed by atoms with E-state index in [9.17, 15) is 9.59 Å². The van der Waals surface area contributed by atoms with E-state index in [1.165, 1.54) is 11.3 Å². The lowest BCUT2D eigenvalue weighted by Gasteiger charge is -2.25. The lowest BCUT2D eigenvalue weighted by molar-refractivity contribution is -0.138. The van der Waals surface area contributed by atoms with E-state index in [4.69, 9.17) is 14.1 Å². The van der Waals surface area contributed by atoms with Crippen molar-refractivity contribution >= 4 is 45.0 Å². The molecule has 0 radical (unpaired) electrons. The van der Waals surface area contributed by atoms with Gasteiger partial charge in [-0.3, -0.25) is 9.36 Å². The first-order valence-electron chi connectivity index (χ1n) is 10.7. The molecule has 2 aromatic carbocycles. The van der Waals surface area contributed by atoms with Crippen molar-refractivity contribution in [3.05, 3.63) is 120 Å². The van der Waals surface area contributed by atoms with E-state index in [2.05, 4.69) is 15.9 Å². The van der Waals surface area contributed by atoms with Crippen molar-refractivity contribution in [3.63, 3.8) is 0 Å². The van der Waals surface area contributed by atoms with Gasteiger partial charge in [0.2, 0.25) is 0 Å². The third kappa shape index (κ3) is 4.10. The molecule has 0 N–H and O–H groups in total. The molecule has 2 aromatic heterocycles. The van der Waals surface area contributed by atoms with Gasteiger partial charge in [-0.25, -0.2) is 9.79 Å². The maximum Gasteiger partial charge on any atom is 0.338 e. The Bertz CT molecular complexity index is 1570. The van der Waals surface area contributed by atoms with E-state index in [0.29, 0.717) is 31.0 Å². The average Bonchev–Trinajstić information content (AvgIpc) is 3.41. The Balaban J connectivity index is 1.83. The number of carbonyl (C=O) groups is 1. The second-order valence-corrected chi connectivity index (χ2v) is 9.27. The number of esters is 1. The van der Waals surface area contributed by atoms with E-state index >= 15 is 0 Å². The molecule has 170 valence electrons. The average molecular weight is 535 g/mol. The fraction of sp³-hybridized carbons (Fsp3) is 0.115. The van der Waals surface area contributed by atoms with Crippen molar-refractivity contribution in [2.45, 2.75) is 13.0 Å². The number of fused-ring (bicyclic) bond motifs is 1. The Morgan fingerprint density at radius 1 is 1.12 bits per heavy atom. The van der Waals surface area contributed by atoms with Gasteiger partial charge in [0.15, 0.2) is 9.47 Å². The van der Waals surface area contributed by atoms with E-state index in [1.54, 1.807) is 29.7 Å². The van der Waals surface area contributed by atoms with Crippen LogP contribution in [-0.4, -0.2) is 17.1 Å². The number of aromatic nitrogens is 1. The number of hydrogen-bond donors (Lipinski definition) is 0. The smallest absolute Gasteiger partial charge is 0.338 e. The summed E-state index contributed by atoms with van der Waals surface area (Å²) in [4.78, 5) is 32.2. The molecule has 1 aliphatic rings. The fourth-order valence-electron chi connectivity index (χ4n) is 3.93. The monoisotopic (exact) mass is 534 g/mol. The minimum Gasteiger partial charge on any atom is -0.463 e. The normalized spacial score (nSPS) is 15.7. The number of benzene rings is 2. The molecule has 4 aromatic rings. The van der Waals surface area contributed by atoms with Crippen molar-refractivity contribution in [3.8, 4) is 0 Å². The van der Waals surface area contributed by atoms with Crippen molar-refractivity contribution in [2.24, 2.45) is 4.99 Å². The standard InChI is InChI=1S/C26H19BrN2O4S/c1-2-32-25(31)21-22(16-9-5-3-6-10-16)28-26-29(23(21)17-11-7-4-8-12-17)24(30)19(34-26)15-18-13-14-20(27)33-18/h3-15,23H,2H2,1H3/b19-15-/t23-/m1/s1. The number of nitrogens with zero attached hydrogens (tertiary/aromatic N) is 2. The van der Waals surface area contributed by atoms with Crippen molar-refractivity contribution in [1.82, 2.24) is 4.57 Å². The van der Waals surface area contributed by atoms with E-state index in [-0.39, 0.29) is 12.2 Å². The first-order valence-corrected chi connectivity index (χ1v) is 12.3. The summed E-state index contributed by atoms with van der Waals surface area (Å²) < 4.78 is 13.6. The Kier molecular flexibility index (Phi) is 6.17. The molecule has 6 nitrogen and oxygen atoms in total. The van der Waals surface area contributed by atoms with Crippen molar-refractivity contribution in [1.29, 1.82) is 0 Å².